The second-order valence-electron chi connectivity index (χ2n) is 4.48. The minimum absolute atomic E-state index is 0.530. The van der Waals surface area contributed by atoms with Gasteiger partial charge in [-0.05, 0) is 42.3 Å². The molecule has 0 saturated heterocycles. The molecule has 21 heavy (non-hydrogen) atoms. The first-order valence-electron chi connectivity index (χ1n) is 7.17. The average molecular weight is 354 g/mol. The molecular formula is C14H20BrN5O. The Balaban J connectivity index is 2.44. The molecule has 1 N–H and O–H groups in total. The van der Waals surface area contributed by atoms with Crippen molar-refractivity contribution in [1.29, 1.82) is 0 Å². The third kappa shape index (κ3) is 3.72. The Bertz CT molecular complexity index is 582. The first kappa shape index (κ1) is 15.8. The van der Waals surface area contributed by atoms with E-state index >= 15 is 0 Å². The Morgan fingerprint density at radius 2 is 1.95 bits per heavy atom. The van der Waals surface area contributed by atoms with Crippen LogP contribution in [0.5, 0.6) is 0 Å². The molecule has 0 fully saturated rings. The molecule has 0 amide bonds. The first-order chi connectivity index (χ1) is 10.2. The average Bonchev–Trinajstić information content (AvgIpc) is 2.92. The van der Waals surface area contributed by atoms with Gasteiger partial charge in [0.1, 0.15) is 0 Å². The van der Waals surface area contributed by atoms with Gasteiger partial charge in [-0.15, -0.1) is 0 Å². The smallest absolute Gasteiger partial charge is 0.230 e. The van der Waals surface area contributed by atoms with Crippen molar-refractivity contribution < 1.29 is 4.42 Å². The quantitative estimate of drug-likeness (QED) is 0.820. The molecule has 6 nitrogen and oxygen atoms in total. The highest BCUT2D eigenvalue weighted by Gasteiger charge is 2.16. The highest BCUT2D eigenvalue weighted by molar-refractivity contribution is 9.10. The molecule has 2 aromatic heterocycles. The normalized spacial score (nSPS) is 10.7. The fourth-order valence-electron chi connectivity index (χ4n) is 1.88. The number of nitrogens with zero attached hydrogens (tertiary/aromatic N) is 4. The van der Waals surface area contributed by atoms with Crippen molar-refractivity contribution in [2.75, 3.05) is 29.9 Å². The minimum Gasteiger partial charge on any atom is -0.460 e. The molecule has 0 saturated carbocycles. The molecule has 2 aromatic rings. The van der Waals surface area contributed by atoms with Gasteiger partial charge in [0.25, 0.3) is 0 Å². The van der Waals surface area contributed by atoms with Crippen LogP contribution in [-0.2, 0) is 0 Å². The summed E-state index contributed by atoms with van der Waals surface area (Å²) in [5.41, 5.74) is 0. The molecule has 0 aliphatic heterocycles. The van der Waals surface area contributed by atoms with Gasteiger partial charge >= 0.3 is 0 Å². The molecule has 0 spiro atoms. The highest BCUT2D eigenvalue weighted by Crippen LogP contribution is 2.28. The fourth-order valence-corrected chi connectivity index (χ4v) is 2.26. The Morgan fingerprint density at radius 1 is 1.19 bits per heavy atom. The van der Waals surface area contributed by atoms with Crippen LogP contribution in [0.25, 0.3) is 11.6 Å². The molecule has 0 aliphatic carbocycles. The molecular weight excluding hydrogens is 334 g/mol. The monoisotopic (exact) mass is 353 g/mol. The minimum atomic E-state index is 0.530. The maximum absolute atomic E-state index is 5.47. The Morgan fingerprint density at radius 3 is 2.52 bits per heavy atom. The number of furan rings is 1. The number of aromatic nitrogens is 3. The summed E-state index contributed by atoms with van der Waals surface area (Å²) in [5.74, 6) is 2.38. The zero-order valence-electron chi connectivity index (χ0n) is 12.6. The number of nitrogens with one attached hydrogen (secondary N) is 1. The van der Waals surface area contributed by atoms with Crippen LogP contribution in [-0.4, -0.2) is 34.6 Å². The predicted molar refractivity (Wildman–Crippen MR) is 87.6 cm³/mol. The maximum Gasteiger partial charge on any atom is 0.230 e. The summed E-state index contributed by atoms with van der Waals surface area (Å²) in [6, 6.07) is 1.83. The van der Waals surface area contributed by atoms with E-state index in [0.717, 1.165) is 30.5 Å². The lowest BCUT2D eigenvalue weighted by Gasteiger charge is -2.19. The molecule has 0 bridgehead atoms. The fraction of sp³-hybridized carbons (Fsp3) is 0.500. The molecule has 0 aliphatic rings. The van der Waals surface area contributed by atoms with Gasteiger partial charge in [0.2, 0.25) is 17.7 Å². The molecule has 114 valence electrons. The molecule has 7 heteroatoms. The van der Waals surface area contributed by atoms with Gasteiger partial charge < -0.3 is 14.6 Å². The van der Waals surface area contributed by atoms with Crippen LogP contribution in [0.1, 0.15) is 27.2 Å². The van der Waals surface area contributed by atoms with Crippen LogP contribution in [0.15, 0.2) is 21.2 Å². The second kappa shape index (κ2) is 7.40. The number of rotatable bonds is 7. The van der Waals surface area contributed by atoms with Crippen LogP contribution in [0.2, 0.25) is 0 Å². The van der Waals surface area contributed by atoms with E-state index in [9.17, 15) is 0 Å². The first-order valence-corrected chi connectivity index (χ1v) is 7.97. The van der Waals surface area contributed by atoms with E-state index in [1.165, 1.54) is 0 Å². The zero-order valence-corrected chi connectivity index (χ0v) is 14.1. The largest absolute Gasteiger partial charge is 0.460 e. The number of halogens is 1. The van der Waals surface area contributed by atoms with E-state index in [-0.39, 0.29) is 0 Å². The third-order valence-electron chi connectivity index (χ3n) is 3.02. The molecule has 2 heterocycles. The van der Waals surface area contributed by atoms with Crippen molar-refractivity contribution in [3.63, 3.8) is 0 Å². The van der Waals surface area contributed by atoms with Gasteiger partial charge in [-0.1, -0.05) is 6.92 Å². The van der Waals surface area contributed by atoms with Gasteiger partial charge in [0.15, 0.2) is 5.76 Å². The molecule has 2 rings (SSSR count). The Hall–Kier alpha value is -1.63. The summed E-state index contributed by atoms with van der Waals surface area (Å²) in [7, 11) is 0. The Labute approximate surface area is 133 Å². The van der Waals surface area contributed by atoms with Gasteiger partial charge in [-0.2, -0.15) is 15.0 Å². The topological polar surface area (TPSA) is 67.1 Å². The summed E-state index contributed by atoms with van der Waals surface area (Å²) in [6.45, 7) is 8.76. The van der Waals surface area contributed by atoms with E-state index in [0.29, 0.717) is 23.5 Å². The number of hydrogen-bond acceptors (Lipinski definition) is 6. The van der Waals surface area contributed by atoms with Crippen LogP contribution in [0.4, 0.5) is 11.9 Å². The summed E-state index contributed by atoms with van der Waals surface area (Å²) in [4.78, 5) is 15.5. The zero-order chi connectivity index (χ0) is 15.2. The van der Waals surface area contributed by atoms with Crippen molar-refractivity contribution in [2.24, 2.45) is 0 Å². The molecule has 0 unspecified atom stereocenters. The van der Waals surface area contributed by atoms with Crippen molar-refractivity contribution >= 4 is 27.8 Å². The van der Waals surface area contributed by atoms with Gasteiger partial charge in [-0.25, -0.2) is 0 Å². The van der Waals surface area contributed by atoms with E-state index in [1.807, 2.05) is 6.07 Å². The van der Waals surface area contributed by atoms with E-state index in [1.54, 1.807) is 6.26 Å². The summed E-state index contributed by atoms with van der Waals surface area (Å²) in [5, 5.41) is 3.21. The molecule has 0 atom stereocenters. The number of anilines is 2. The lowest BCUT2D eigenvalue weighted by molar-refractivity contribution is 0.575. The summed E-state index contributed by atoms with van der Waals surface area (Å²) in [6.07, 6.45) is 2.62. The summed E-state index contributed by atoms with van der Waals surface area (Å²) < 4.78 is 6.30. The van der Waals surface area contributed by atoms with Crippen molar-refractivity contribution in [1.82, 2.24) is 15.0 Å². The standard InChI is InChI=1S/C14H20BrN5O/c1-4-8-16-13-17-12(11-10(15)7-9-21-11)18-14(19-13)20(5-2)6-3/h7,9H,4-6,8H2,1-3H3,(H,16,17,18,19). The van der Waals surface area contributed by atoms with Crippen molar-refractivity contribution in [2.45, 2.75) is 27.2 Å². The van der Waals surface area contributed by atoms with Gasteiger partial charge in [0, 0.05) is 19.6 Å². The van der Waals surface area contributed by atoms with Crippen LogP contribution in [0, 0.1) is 0 Å². The van der Waals surface area contributed by atoms with Crippen LogP contribution in [0.3, 0.4) is 0 Å². The van der Waals surface area contributed by atoms with Gasteiger partial charge in [-0.3, -0.25) is 0 Å². The molecule has 0 radical (unpaired) electrons. The lowest BCUT2D eigenvalue weighted by Crippen LogP contribution is -2.25. The maximum atomic E-state index is 5.47. The predicted octanol–water partition coefficient (Wildman–Crippen LogP) is 3.56. The summed E-state index contributed by atoms with van der Waals surface area (Å²) >= 11 is 3.45. The van der Waals surface area contributed by atoms with E-state index in [2.05, 4.69) is 61.9 Å². The Kier molecular flexibility index (Phi) is 5.55. The van der Waals surface area contributed by atoms with E-state index < -0.39 is 0 Å². The third-order valence-corrected chi connectivity index (χ3v) is 3.65. The van der Waals surface area contributed by atoms with Crippen molar-refractivity contribution in [3.8, 4) is 11.6 Å². The highest BCUT2D eigenvalue weighted by atomic mass is 79.9. The van der Waals surface area contributed by atoms with Crippen molar-refractivity contribution in [3.05, 3.63) is 16.8 Å². The number of hydrogen-bond donors (Lipinski definition) is 1. The van der Waals surface area contributed by atoms with Gasteiger partial charge in [0.05, 0.1) is 10.7 Å². The molecule has 0 aromatic carbocycles. The van der Waals surface area contributed by atoms with E-state index in [4.69, 9.17) is 4.42 Å². The van der Waals surface area contributed by atoms with Crippen LogP contribution >= 0.6 is 15.9 Å². The SMILES string of the molecule is CCCNc1nc(-c2occc2Br)nc(N(CC)CC)n1. The van der Waals surface area contributed by atoms with Crippen LogP contribution < -0.4 is 10.2 Å². The lowest BCUT2D eigenvalue weighted by atomic mass is 10.4. The second-order valence-corrected chi connectivity index (χ2v) is 5.33.